The van der Waals surface area contributed by atoms with Crippen LogP contribution in [0.4, 0.5) is 0 Å². The number of aromatic carboxylic acids is 1. The Bertz CT molecular complexity index is 405. The minimum absolute atomic E-state index is 0.422. The molecule has 0 aromatic heterocycles. The van der Waals surface area contributed by atoms with E-state index >= 15 is 0 Å². The highest BCUT2D eigenvalue weighted by Gasteiger charge is 2.13. The van der Waals surface area contributed by atoms with Crippen molar-refractivity contribution in [3.63, 3.8) is 0 Å². The van der Waals surface area contributed by atoms with Crippen molar-refractivity contribution in [3.05, 3.63) is 41.5 Å². The van der Waals surface area contributed by atoms with Gasteiger partial charge >= 0.3 is 5.97 Å². The first kappa shape index (κ1) is 9.97. The fourth-order valence-electron chi connectivity index (χ4n) is 2.03. The first-order chi connectivity index (χ1) is 7.29. The summed E-state index contributed by atoms with van der Waals surface area (Å²) in [4.78, 5) is 11.0. The molecule has 0 spiro atoms. The Hall–Kier alpha value is -1.57. The Balaban J connectivity index is 2.42. The van der Waals surface area contributed by atoms with E-state index in [-0.39, 0.29) is 0 Å². The van der Waals surface area contributed by atoms with Crippen molar-refractivity contribution in [2.45, 2.75) is 25.7 Å². The van der Waals surface area contributed by atoms with E-state index in [4.69, 9.17) is 5.11 Å². The molecular formula is C13H14O2. The molecule has 0 unspecified atom stereocenters. The molecule has 1 aliphatic carbocycles. The van der Waals surface area contributed by atoms with Crippen molar-refractivity contribution < 1.29 is 9.90 Å². The number of carbonyl (C=O) groups is 1. The lowest BCUT2D eigenvalue weighted by atomic mass is 9.91. The van der Waals surface area contributed by atoms with E-state index in [1.165, 1.54) is 18.4 Å². The lowest BCUT2D eigenvalue weighted by Crippen LogP contribution is -2.03. The van der Waals surface area contributed by atoms with Gasteiger partial charge in [-0.3, -0.25) is 0 Å². The number of hydrogen-bond acceptors (Lipinski definition) is 1. The second-order valence-corrected chi connectivity index (χ2v) is 3.83. The summed E-state index contributed by atoms with van der Waals surface area (Å²) >= 11 is 0. The van der Waals surface area contributed by atoms with E-state index in [0.717, 1.165) is 18.4 Å². The lowest BCUT2D eigenvalue weighted by Gasteiger charge is -2.14. The molecule has 1 aliphatic rings. The quantitative estimate of drug-likeness (QED) is 0.798. The van der Waals surface area contributed by atoms with Crippen molar-refractivity contribution in [1.29, 1.82) is 0 Å². The zero-order valence-corrected chi connectivity index (χ0v) is 8.57. The van der Waals surface area contributed by atoms with E-state index in [2.05, 4.69) is 6.08 Å². The number of carboxylic acid groups (broad SMARTS) is 1. The summed E-state index contributed by atoms with van der Waals surface area (Å²) in [5, 5.41) is 9.07. The van der Waals surface area contributed by atoms with Gasteiger partial charge in [-0.2, -0.15) is 0 Å². The molecule has 0 radical (unpaired) electrons. The molecule has 78 valence electrons. The SMILES string of the molecule is O=C(O)c1ccccc1C1=CCCCC1. The van der Waals surface area contributed by atoms with Crippen LogP contribution in [0.3, 0.4) is 0 Å². The molecule has 1 aromatic rings. The van der Waals surface area contributed by atoms with Crippen molar-refractivity contribution in [2.24, 2.45) is 0 Å². The predicted octanol–water partition coefficient (Wildman–Crippen LogP) is 3.34. The van der Waals surface area contributed by atoms with Gasteiger partial charge in [-0.15, -0.1) is 0 Å². The molecule has 0 saturated carbocycles. The Kier molecular flexibility index (Phi) is 2.86. The highest BCUT2D eigenvalue weighted by molar-refractivity contribution is 5.94. The van der Waals surface area contributed by atoms with Crippen LogP contribution in [-0.2, 0) is 0 Å². The summed E-state index contributed by atoms with van der Waals surface area (Å²) in [6, 6.07) is 7.25. The Labute approximate surface area is 89.2 Å². The maximum absolute atomic E-state index is 11.0. The standard InChI is InChI=1S/C13H14O2/c14-13(15)12-9-5-4-8-11(12)10-6-2-1-3-7-10/h4-6,8-9H,1-3,7H2,(H,14,15). The molecule has 0 saturated heterocycles. The third-order valence-corrected chi connectivity index (χ3v) is 2.79. The molecule has 0 aliphatic heterocycles. The van der Waals surface area contributed by atoms with Crippen LogP contribution < -0.4 is 0 Å². The third-order valence-electron chi connectivity index (χ3n) is 2.79. The zero-order chi connectivity index (χ0) is 10.7. The molecule has 2 heteroatoms. The van der Waals surface area contributed by atoms with Crippen LogP contribution in [0.1, 0.15) is 41.6 Å². The molecule has 0 bridgehead atoms. The van der Waals surface area contributed by atoms with Crippen molar-refractivity contribution in [3.8, 4) is 0 Å². The molecule has 0 amide bonds. The summed E-state index contributed by atoms with van der Waals surface area (Å²) in [6.45, 7) is 0. The molecule has 0 heterocycles. The van der Waals surface area contributed by atoms with Crippen molar-refractivity contribution >= 4 is 11.5 Å². The number of allylic oxidation sites excluding steroid dienone is 2. The maximum atomic E-state index is 11.0. The largest absolute Gasteiger partial charge is 0.478 e. The molecule has 0 fully saturated rings. The molecule has 0 atom stereocenters. The monoisotopic (exact) mass is 202 g/mol. The number of carboxylic acids is 1. The number of benzene rings is 1. The highest BCUT2D eigenvalue weighted by Crippen LogP contribution is 2.28. The second-order valence-electron chi connectivity index (χ2n) is 3.83. The molecule has 2 nitrogen and oxygen atoms in total. The van der Waals surface area contributed by atoms with Gasteiger partial charge in [-0.05, 0) is 42.9 Å². The normalized spacial score (nSPS) is 15.9. The van der Waals surface area contributed by atoms with Gasteiger partial charge in [-0.1, -0.05) is 24.3 Å². The topological polar surface area (TPSA) is 37.3 Å². The van der Waals surface area contributed by atoms with Gasteiger partial charge in [0.05, 0.1) is 5.56 Å². The van der Waals surface area contributed by atoms with Gasteiger partial charge in [0.15, 0.2) is 0 Å². The van der Waals surface area contributed by atoms with Crippen LogP contribution in [0.2, 0.25) is 0 Å². The van der Waals surface area contributed by atoms with E-state index in [0.29, 0.717) is 5.56 Å². The summed E-state index contributed by atoms with van der Waals surface area (Å²) < 4.78 is 0. The number of hydrogen-bond donors (Lipinski definition) is 1. The van der Waals surface area contributed by atoms with Crippen LogP contribution >= 0.6 is 0 Å². The van der Waals surface area contributed by atoms with Gasteiger partial charge in [0.25, 0.3) is 0 Å². The summed E-state index contributed by atoms with van der Waals surface area (Å²) in [5.74, 6) is -0.836. The first-order valence-electron chi connectivity index (χ1n) is 5.31. The summed E-state index contributed by atoms with van der Waals surface area (Å²) in [5.41, 5.74) is 2.51. The van der Waals surface area contributed by atoms with Crippen molar-refractivity contribution in [1.82, 2.24) is 0 Å². The average Bonchev–Trinajstić information content (AvgIpc) is 2.30. The van der Waals surface area contributed by atoms with Gasteiger partial charge in [0, 0.05) is 0 Å². The Morgan fingerprint density at radius 3 is 2.67 bits per heavy atom. The van der Waals surface area contributed by atoms with E-state index < -0.39 is 5.97 Å². The minimum atomic E-state index is -0.836. The third kappa shape index (κ3) is 2.09. The molecular weight excluding hydrogens is 188 g/mol. The van der Waals surface area contributed by atoms with E-state index in [9.17, 15) is 4.79 Å². The predicted molar refractivity (Wildman–Crippen MR) is 59.8 cm³/mol. The second kappa shape index (κ2) is 4.30. The van der Waals surface area contributed by atoms with Gasteiger partial charge < -0.3 is 5.11 Å². The fourth-order valence-corrected chi connectivity index (χ4v) is 2.03. The van der Waals surface area contributed by atoms with Crippen LogP contribution in [0.5, 0.6) is 0 Å². The lowest BCUT2D eigenvalue weighted by molar-refractivity contribution is 0.0696. The smallest absolute Gasteiger partial charge is 0.336 e. The maximum Gasteiger partial charge on any atom is 0.336 e. The average molecular weight is 202 g/mol. The summed E-state index contributed by atoms with van der Waals surface area (Å²) in [7, 11) is 0. The van der Waals surface area contributed by atoms with Gasteiger partial charge in [0.2, 0.25) is 0 Å². The Morgan fingerprint density at radius 2 is 2.00 bits per heavy atom. The van der Waals surface area contributed by atoms with E-state index in [1.54, 1.807) is 12.1 Å². The molecule has 2 rings (SSSR count). The van der Waals surface area contributed by atoms with Crippen LogP contribution in [-0.4, -0.2) is 11.1 Å². The van der Waals surface area contributed by atoms with Crippen molar-refractivity contribution in [2.75, 3.05) is 0 Å². The molecule has 1 N–H and O–H groups in total. The van der Waals surface area contributed by atoms with Gasteiger partial charge in [-0.25, -0.2) is 4.79 Å². The zero-order valence-electron chi connectivity index (χ0n) is 8.57. The summed E-state index contributed by atoms with van der Waals surface area (Å²) in [6.07, 6.45) is 6.64. The minimum Gasteiger partial charge on any atom is -0.478 e. The van der Waals surface area contributed by atoms with E-state index in [1.807, 2.05) is 12.1 Å². The van der Waals surface area contributed by atoms with Crippen LogP contribution in [0.25, 0.3) is 5.57 Å². The van der Waals surface area contributed by atoms with Crippen LogP contribution in [0, 0.1) is 0 Å². The highest BCUT2D eigenvalue weighted by atomic mass is 16.4. The first-order valence-corrected chi connectivity index (χ1v) is 5.31. The van der Waals surface area contributed by atoms with Crippen LogP contribution in [0.15, 0.2) is 30.3 Å². The molecule has 1 aromatic carbocycles. The Morgan fingerprint density at radius 1 is 1.20 bits per heavy atom. The molecule has 15 heavy (non-hydrogen) atoms. The number of rotatable bonds is 2. The van der Waals surface area contributed by atoms with Gasteiger partial charge in [0.1, 0.15) is 0 Å². The fraction of sp³-hybridized carbons (Fsp3) is 0.308.